The van der Waals surface area contributed by atoms with Gasteiger partial charge in [0.05, 0.1) is 6.04 Å². The second-order valence-corrected chi connectivity index (χ2v) is 5.71. The lowest BCUT2D eigenvalue weighted by Crippen LogP contribution is -2.31. The fraction of sp³-hybridized carbons (Fsp3) is 0.235. The summed E-state index contributed by atoms with van der Waals surface area (Å²) in [5.41, 5.74) is 3.46. The summed E-state index contributed by atoms with van der Waals surface area (Å²) in [7, 11) is 0. The van der Waals surface area contributed by atoms with Gasteiger partial charge in [0.2, 0.25) is 0 Å². The average molecular weight is 320 g/mol. The summed E-state index contributed by atoms with van der Waals surface area (Å²) in [4.78, 5) is 0. The van der Waals surface area contributed by atoms with E-state index in [0.29, 0.717) is 10.7 Å². The number of nitrogens with one attached hydrogen (secondary N) is 2. The van der Waals surface area contributed by atoms with Crippen LogP contribution in [-0.2, 0) is 0 Å². The molecule has 0 radical (unpaired) electrons. The predicted molar refractivity (Wildman–Crippen MR) is 90.0 cm³/mol. The molecule has 0 bridgehead atoms. The maximum Gasteiger partial charge on any atom is 0.171 e. The Bertz CT molecular complexity index is 701. The van der Waals surface area contributed by atoms with Crippen molar-refractivity contribution in [3.8, 4) is 0 Å². The topological polar surface area (TPSA) is 24.1 Å². The van der Waals surface area contributed by atoms with Crippen LogP contribution in [0.15, 0.2) is 36.4 Å². The Morgan fingerprint density at radius 1 is 1.09 bits per heavy atom. The molecular weight excluding hydrogens is 302 g/mol. The van der Waals surface area contributed by atoms with E-state index < -0.39 is 11.6 Å². The highest BCUT2D eigenvalue weighted by atomic mass is 32.1. The molecule has 5 heteroatoms. The van der Waals surface area contributed by atoms with Crippen LogP contribution in [0.1, 0.15) is 29.7 Å². The van der Waals surface area contributed by atoms with Crippen molar-refractivity contribution in [2.75, 3.05) is 5.32 Å². The van der Waals surface area contributed by atoms with Crippen LogP contribution in [0.3, 0.4) is 0 Å². The molecule has 2 aromatic carbocycles. The number of anilines is 1. The normalized spacial score (nSPS) is 11.9. The van der Waals surface area contributed by atoms with Crippen LogP contribution in [0.5, 0.6) is 0 Å². The minimum Gasteiger partial charge on any atom is -0.356 e. The molecule has 1 atom stereocenters. The Morgan fingerprint density at radius 2 is 1.82 bits per heavy atom. The third-order valence-corrected chi connectivity index (χ3v) is 3.64. The summed E-state index contributed by atoms with van der Waals surface area (Å²) in [5.74, 6) is -1.18. The van der Waals surface area contributed by atoms with Gasteiger partial charge in [-0.05, 0) is 56.2 Å². The quantitative estimate of drug-likeness (QED) is 0.806. The first-order valence-corrected chi connectivity index (χ1v) is 7.37. The number of hydrogen-bond donors (Lipinski definition) is 2. The molecule has 2 nitrogen and oxygen atoms in total. The van der Waals surface area contributed by atoms with E-state index in [0.717, 1.165) is 22.9 Å². The number of halogens is 2. The van der Waals surface area contributed by atoms with Gasteiger partial charge in [0.25, 0.3) is 0 Å². The molecule has 0 aliphatic heterocycles. The minimum atomic E-state index is -0.593. The zero-order chi connectivity index (χ0) is 16.3. The molecule has 2 N–H and O–H groups in total. The summed E-state index contributed by atoms with van der Waals surface area (Å²) in [6, 6.07) is 9.17. The maximum atomic E-state index is 13.8. The predicted octanol–water partition coefficient (Wildman–Crippen LogP) is 4.63. The van der Waals surface area contributed by atoms with E-state index in [1.165, 1.54) is 12.1 Å². The number of hydrogen-bond acceptors (Lipinski definition) is 1. The molecule has 22 heavy (non-hydrogen) atoms. The Balaban J connectivity index is 2.06. The summed E-state index contributed by atoms with van der Waals surface area (Å²) >= 11 is 5.27. The maximum absolute atomic E-state index is 13.8. The second kappa shape index (κ2) is 6.83. The van der Waals surface area contributed by atoms with Crippen LogP contribution < -0.4 is 10.6 Å². The van der Waals surface area contributed by atoms with Gasteiger partial charge in [-0.3, -0.25) is 0 Å². The van der Waals surface area contributed by atoms with Crippen LogP contribution in [0.2, 0.25) is 0 Å². The molecular formula is C17H18F2N2S. The standard InChI is InChI=1S/C17H18F2N2S/c1-10-4-5-11(2)16(8-10)21-17(22)20-12(3)14-7-6-13(18)9-15(14)19/h4-9,12H,1-3H3,(H2,20,21,22)/t12-/m1/s1. The lowest BCUT2D eigenvalue weighted by Gasteiger charge is -2.19. The first-order valence-electron chi connectivity index (χ1n) is 6.96. The van der Waals surface area contributed by atoms with Crippen molar-refractivity contribution >= 4 is 23.0 Å². The van der Waals surface area contributed by atoms with Gasteiger partial charge in [0, 0.05) is 17.3 Å². The Hall–Kier alpha value is -2.01. The van der Waals surface area contributed by atoms with E-state index in [9.17, 15) is 8.78 Å². The highest BCUT2D eigenvalue weighted by molar-refractivity contribution is 7.80. The smallest absolute Gasteiger partial charge is 0.171 e. The molecule has 116 valence electrons. The number of thiocarbonyl (C=S) groups is 1. The average Bonchev–Trinajstić information content (AvgIpc) is 2.42. The van der Waals surface area contributed by atoms with Crippen molar-refractivity contribution in [3.63, 3.8) is 0 Å². The van der Waals surface area contributed by atoms with Crippen molar-refractivity contribution in [2.45, 2.75) is 26.8 Å². The largest absolute Gasteiger partial charge is 0.356 e. The Kier molecular flexibility index (Phi) is 5.08. The third kappa shape index (κ3) is 4.01. The molecule has 2 rings (SSSR count). The first-order chi connectivity index (χ1) is 10.4. The molecule has 0 saturated carbocycles. The SMILES string of the molecule is Cc1ccc(C)c(NC(=S)N[C@H](C)c2ccc(F)cc2F)c1. The third-order valence-electron chi connectivity index (χ3n) is 3.42. The first kappa shape index (κ1) is 16.4. The van der Waals surface area contributed by atoms with Crippen LogP contribution in [-0.4, -0.2) is 5.11 Å². The van der Waals surface area contributed by atoms with Gasteiger partial charge >= 0.3 is 0 Å². The van der Waals surface area contributed by atoms with Crippen LogP contribution >= 0.6 is 12.2 Å². The van der Waals surface area contributed by atoms with Gasteiger partial charge in [0.1, 0.15) is 11.6 Å². The Labute approximate surface area is 134 Å². The van der Waals surface area contributed by atoms with E-state index in [4.69, 9.17) is 12.2 Å². The number of benzene rings is 2. The highest BCUT2D eigenvalue weighted by Crippen LogP contribution is 2.19. The monoisotopic (exact) mass is 320 g/mol. The number of rotatable bonds is 3. The Morgan fingerprint density at radius 3 is 2.50 bits per heavy atom. The van der Waals surface area contributed by atoms with Gasteiger partial charge in [-0.25, -0.2) is 8.78 Å². The van der Waals surface area contributed by atoms with E-state index >= 15 is 0 Å². The molecule has 0 fully saturated rings. The van der Waals surface area contributed by atoms with Crippen LogP contribution in [0, 0.1) is 25.5 Å². The van der Waals surface area contributed by atoms with Crippen molar-refractivity contribution in [1.82, 2.24) is 5.32 Å². The van der Waals surface area contributed by atoms with Crippen molar-refractivity contribution in [3.05, 3.63) is 64.7 Å². The molecule has 0 spiro atoms. The van der Waals surface area contributed by atoms with Crippen molar-refractivity contribution < 1.29 is 8.78 Å². The van der Waals surface area contributed by atoms with E-state index in [-0.39, 0.29) is 6.04 Å². The lowest BCUT2D eigenvalue weighted by molar-refractivity contribution is 0.554. The molecule has 0 saturated heterocycles. The van der Waals surface area contributed by atoms with Crippen LogP contribution in [0.4, 0.5) is 14.5 Å². The zero-order valence-electron chi connectivity index (χ0n) is 12.7. The van der Waals surface area contributed by atoms with Gasteiger partial charge in [0.15, 0.2) is 5.11 Å². The fourth-order valence-electron chi connectivity index (χ4n) is 2.16. The van der Waals surface area contributed by atoms with Gasteiger partial charge < -0.3 is 10.6 Å². The van der Waals surface area contributed by atoms with Crippen molar-refractivity contribution in [1.29, 1.82) is 0 Å². The molecule has 0 heterocycles. The molecule has 0 aliphatic carbocycles. The lowest BCUT2D eigenvalue weighted by atomic mass is 10.1. The molecule has 2 aromatic rings. The van der Waals surface area contributed by atoms with Crippen molar-refractivity contribution in [2.24, 2.45) is 0 Å². The zero-order valence-corrected chi connectivity index (χ0v) is 13.5. The van der Waals surface area contributed by atoms with Gasteiger partial charge in [-0.1, -0.05) is 18.2 Å². The minimum absolute atomic E-state index is 0.367. The summed E-state index contributed by atoms with van der Waals surface area (Å²) in [6.45, 7) is 5.75. The van der Waals surface area contributed by atoms with E-state index in [1.54, 1.807) is 6.92 Å². The molecule has 0 aromatic heterocycles. The van der Waals surface area contributed by atoms with E-state index in [1.807, 2.05) is 32.0 Å². The van der Waals surface area contributed by atoms with E-state index in [2.05, 4.69) is 10.6 Å². The molecule has 0 aliphatic rings. The number of aryl methyl sites for hydroxylation is 2. The highest BCUT2D eigenvalue weighted by Gasteiger charge is 2.13. The summed E-state index contributed by atoms with van der Waals surface area (Å²) < 4.78 is 26.7. The second-order valence-electron chi connectivity index (χ2n) is 5.30. The fourth-order valence-corrected chi connectivity index (χ4v) is 2.44. The van der Waals surface area contributed by atoms with Crippen LogP contribution in [0.25, 0.3) is 0 Å². The summed E-state index contributed by atoms with van der Waals surface area (Å²) in [6.07, 6.45) is 0. The molecule has 0 unspecified atom stereocenters. The van der Waals surface area contributed by atoms with Gasteiger partial charge in [-0.15, -0.1) is 0 Å². The summed E-state index contributed by atoms with van der Waals surface area (Å²) in [5, 5.41) is 6.51. The van der Waals surface area contributed by atoms with Gasteiger partial charge in [-0.2, -0.15) is 0 Å². The molecule has 0 amide bonds.